The van der Waals surface area contributed by atoms with Crippen LogP contribution >= 0.6 is 0 Å². The Labute approximate surface area is 107 Å². The van der Waals surface area contributed by atoms with Crippen LogP contribution in [0, 0.1) is 0 Å². The summed E-state index contributed by atoms with van der Waals surface area (Å²) in [6, 6.07) is 6.05. The summed E-state index contributed by atoms with van der Waals surface area (Å²) in [4.78, 5) is 10.9. The van der Waals surface area contributed by atoms with E-state index in [-0.39, 0.29) is 17.5 Å². The van der Waals surface area contributed by atoms with E-state index in [1.165, 1.54) is 19.2 Å². The van der Waals surface area contributed by atoms with Crippen molar-refractivity contribution in [2.75, 3.05) is 13.6 Å². The summed E-state index contributed by atoms with van der Waals surface area (Å²) >= 11 is 0. The van der Waals surface area contributed by atoms with Crippen molar-refractivity contribution >= 4 is 15.9 Å². The molecule has 0 heterocycles. The van der Waals surface area contributed by atoms with Gasteiger partial charge in [-0.1, -0.05) is 12.1 Å². The van der Waals surface area contributed by atoms with Gasteiger partial charge in [-0.05, 0) is 24.6 Å². The number of nitrogens with zero attached hydrogens (tertiary/aromatic N) is 1. The lowest BCUT2D eigenvalue weighted by molar-refractivity contribution is -0.118. The van der Waals surface area contributed by atoms with Crippen molar-refractivity contribution in [3.63, 3.8) is 0 Å². The number of rotatable bonds is 5. The minimum Gasteiger partial charge on any atom is -0.369 e. The highest BCUT2D eigenvalue weighted by Crippen LogP contribution is 2.18. The number of hydrogen-bond acceptors (Lipinski definition) is 4. The minimum atomic E-state index is -3.71. The molecule has 18 heavy (non-hydrogen) atoms. The molecule has 0 aromatic heterocycles. The third-order valence-electron chi connectivity index (χ3n) is 2.47. The maximum absolute atomic E-state index is 12.1. The molecule has 0 radical (unpaired) electrons. The van der Waals surface area contributed by atoms with Crippen molar-refractivity contribution in [1.82, 2.24) is 4.31 Å². The van der Waals surface area contributed by atoms with Crippen LogP contribution < -0.4 is 11.5 Å². The maximum Gasteiger partial charge on any atom is 0.243 e. The number of nitrogens with two attached hydrogens (primary N) is 2. The molecule has 0 bridgehead atoms. The van der Waals surface area contributed by atoms with E-state index in [1.54, 1.807) is 19.1 Å². The Bertz CT molecular complexity index is 540. The molecule has 100 valence electrons. The van der Waals surface area contributed by atoms with Gasteiger partial charge in [-0.15, -0.1) is 0 Å². The second-order valence-electron chi connectivity index (χ2n) is 4.09. The molecule has 0 spiro atoms. The highest BCUT2D eigenvalue weighted by molar-refractivity contribution is 7.89. The predicted octanol–water partition coefficient (Wildman–Crippen LogP) is -0.188. The smallest absolute Gasteiger partial charge is 0.243 e. The fourth-order valence-electron chi connectivity index (χ4n) is 1.44. The average Bonchev–Trinajstić information content (AvgIpc) is 2.28. The van der Waals surface area contributed by atoms with E-state index >= 15 is 0 Å². The normalized spacial score (nSPS) is 13.6. The van der Waals surface area contributed by atoms with Gasteiger partial charge in [0.2, 0.25) is 15.9 Å². The quantitative estimate of drug-likeness (QED) is 0.774. The van der Waals surface area contributed by atoms with Crippen molar-refractivity contribution in [3.05, 3.63) is 29.8 Å². The number of benzene rings is 1. The van der Waals surface area contributed by atoms with Gasteiger partial charge in [0.05, 0.1) is 11.4 Å². The van der Waals surface area contributed by atoms with Crippen molar-refractivity contribution in [1.29, 1.82) is 0 Å². The van der Waals surface area contributed by atoms with Crippen LogP contribution in [0.2, 0.25) is 0 Å². The Balaban J connectivity index is 3.12. The van der Waals surface area contributed by atoms with Crippen molar-refractivity contribution in [3.8, 4) is 0 Å². The van der Waals surface area contributed by atoms with E-state index in [2.05, 4.69) is 0 Å². The standard InChI is InChI=1S/C11H17N3O3S/c1-8(12)9-4-3-5-10(6-9)18(16,17)14(2)7-11(13)15/h3-6,8H,7,12H2,1-2H3,(H2,13,15). The van der Waals surface area contributed by atoms with Crippen LogP contribution in [0.4, 0.5) is 0 Å². The molecule has 0 aliphatic heterocycles. The minimum absolute atomic E-state index is 0.0982. The van der Waals surface area contributed by atoms with E-state index in [1.807, 2.05) is 0 Å². The SMILES string of the molecule is CC(N)c1cccc(S(=O)(=O)N(C)CC(N)=O)c1. The number of sulfonamides is 1. The molecule has 0 aliphatic rings. The van der Waals surface area contributed by atoms with E-state index in [0.29, 0.717) is 5.56 Å². The first-order chi connectivity index (χ1) is 8.25. The highest BCUT2D eigenvalue weighted by Gasteiger charge is 2.22. The van der Waals surface area contributed by atoms with Gasteiger partial charge < -0.3 is 11.5 Å². The van der Waals surface area contributed by atoms with Gasteiger partial charge in [0.15, 0.2) is 0 Å². The van der Waals surface area contributed by atoms with Crippen molar-refractivity contribution in [2.24, 2.45) is 11.5 Å². The number of primary amides is 1. The first-order valence-corrected chi connectivity index (χ1v) is 6.79. The molecule has 1 unspecified atom stereocenters. The Morgan fingerprint density at radius 3 is 2.56 bits per heavy atom. The topological polar surface area (TPSA) is 106 Å². The largest absolute Gasteiger partial charge is 0.369 e. The van der Waals surface area contributed by atoms with Crippen LogP contribution in [-0.4, -0.2) is 32.2 Å². The van der Waals surface area contributed by atoms with Gasteiger partial charge in [0, 0.05) is 13.1 Å². The van der Waals surface area contributed by atoms with E-state index in [0.717, 1.165) is 4.31 Å². The highest BCUT2D eigenvalue weighted by atomic mass is 32.2. The van der Waals surface area contributed by atoms with E-state index < -0.39 is 15.9 Å². The lowest BCUT2D eigenvalue weighted by atomic mass is 10.1. The number of carbonyl (C=O) groups is 1. The predicted molar refractivity (Wildman–Crippen MR) is 68.1 cm³/mol. The van der Waals surface area contributed by atoms with Gasteiger partial charge in [-0.25, -0.2) is 8.42 Å². The Kier molecular flexibility index (Phi) is 4.44. The molecule has 0 saturated heterocycles. The first kappa shape index (κ1) is 14.6. The molecule has 0 saturated carbocycles. The molecule has 6 nitrogen and oxygen atoms in total. The van der Waals surface area contributed by atoms with Gasteiger partial charge in [0.25, 0.3) is 0 Å². The molecule has 0 aliphatic carbocycles. The van der Waals surface area contributed by atoms with Crippen LogP contribution in [0.1, 0.15) is 18.5 Å². The molecular formula is C11H17N3O3S. The number of likely N-dealkylation sites (N-methyl/N-ethyl adjacent to an activating group) is 1. The van der Waals surface area contributed by atoms with Crippen LogP contribution in [0.3, 0.4) is 0 Å². The number of carbonyl (C=O) groups excluding carboxylic acids is 1. The second kappa shape index (κ2) is 5.47. The van der Waals surface area contributed by atoms with Crippen LogP contribution in [-0.2, 0) is 14.8 Å². The Morgan fingerprint density at radius 1 is 1.44 bits per heavy atom. The summed E-state index contributed by atoms with van der Waals surface area (Å²) in [7, 11) is -2.41. The number of amides is 1. The summed E-state index contributed by atoms with van der Waals surface area (Å²) in [5.41, 5.74) is 11.4. The molecule has 1 amide bonds. The monoisotopic (exact) mass is 271 g/mol. The van der Waals surface area contributed by atoms with Crippen LogP contribution in [0.5, 0.6) is 0 Å². The summed E-state index contributed by atoms with van der Waals surface area (Å²) in [5.74, 6) is -0.704. The molecular weight excluding hydrogens is 254 g/mol. The first-order valence-electron chi connectivity index (χ1n) is 5.35. The molecule has 1 atom stereocenters. The van der Waals surface area contributed by atoms with Gasteiger partial charge in [0.1, 0.15) is 0 Å². The summed E-state index contributed by atoms with van der Waals surface area (Å²) in [6.07, 6.45) is 0. The van der Waals surface area contributed by atoms with Crippen molar-refractivity contribution < 1.29 is 13.2 Å². The average molecular weight is 271 g/mol. The number of hydrogen-bond donors (Lipinski definition) is 2. The zero-order valence-corrected chi connectivity index (χ0v) is 11.1. The fraction of sp³-hybridized carbons (Fsp3) is 0.364. The van der Waals surface area contributed by atoms with Gasteiger partial charge >= 0.3 is 0 Å². The molecule has 7 heteroatoms. The Hall–Kier alpha value is -1.44. The molecule has 1 rings (SSSR count). The lowest BCUT2D eigenvalue weighted by Crippen LogP contribution is -2.35. The lowest BCUT2D eigenvalue weighted by Gasteiger charge is -2.16. The third-order valence-corrected chi connectivity index (χ3v) is 4.27. The molecule has 0 fully saturated rings. The van der Waals surface area contributed by atoms with Crippen LogP contribution in [0.25, 0.3) is 0 Å². The molecule has 1 aromatic carbocycles. The molecule has 4 N–H and O–H groups in total. The van der Waals surface area contributed by atoms with Crippen LogP contribution in [0.15, 0.2) is 29.2 Å². The summed E-state index contributed by atoms with van der Waals surface area (Å²) in [6.45, 7) is 1.41. The maximum atomic E-state index is 12.1. The summed E-state index contributed by atoms with van der Waals surface area (Å²) < 4.78 is 25.2. The zero-order chi connectivity index (χ0) is 13.9. The van der Waals surface area contributed by atoms with E-state index in [4.69, 9.17) is 11.5 Å². The van der Waals surface area contributed by atoms with Gasteiger partial charge in [-0.3, -0.25) is 4.79 Å². The zero-order valence-electron chi connectivity index (χ0n) is 10.3. The Morgan fingerprint density at radius 2 is 2.06 bits per heavy atom. The third kappa shape index (κ3) is 3.28. The molecule has 1 aromatic rings. The fourth-order valence-corrected chi connectivity index (χ4v) is 2.64. The summed E-state index contributed by atoms with van der Waals surface area (Å²) in [5, 5.41) is 0. The van der Waals surface area contributed by atoms with E-state index in [9.17, 15) is 13.2 Å². The van der Waals surface area contributed by atoms with Gasteiger partial charge in [-0.2, -0.15) is 4.31 Å². The van der Waals surface area contributed by atoms with Crippen molar-refractivity contribution in [2.45, 2.75) is 17.9 Å². The second-order valence-corrected chi connectivity index (χ2v) is 6.13.